The summed E-state index contributed by atoms with van der Waals surface area (Å²) in [5.41, 5.74) is 5.93. The molecule has 0 saturated heterocycles. The molecule has 0 aliphatic heterocycles. The third kappa shape index (κ3) is 4.28. The van der Waals surface area contributed by atoms with Gasteiger partial charge in [-0.25, -0.2) is 4.98 Å². The molecule has 0 radical (unpaired) electrons. The number of hydrogen-bond acceptors (Lipinski definition) is 4. The minimum Gasteiger partial charge on any atom is -0.324 e. The molecule has 4 heteroatoms. The van der Waals surface area contributed by atoms with Gasteiger partial charge in [-0.2, -0.15) is 0 Å². The van der Waals surface area contributed by atoms with Gasteiger partial charge in [-0.1, -0.05) is 13.8 Å². The van der Waals surface area contributed by atoms with Gasteiger partial charge in [0.05, 0.1) is 0 Å². The highest BCUT2D eigenvalue weighted by Gasteiger charge is 2.14. The van der Waals surface area contributed by atoms with Crippen LogP contribution in [0.15, 0.2) is 6.20 Å². The molecule has 0 amide bonds. The van der Waals surface area contributed by atoms with E-state index in [1.165, 1.54) is 4.88 Å². The summed E-state index contributed by atoms with van der Waals surface area (Å²) in [7, 11) is 0. The first kappa shape index (κ1) is 12.6. The standard InChI is InChI=1S/C11H21N3S/c1-4-9-6-14-10(15-9)7-13-8-11(3,12)5-2/h6,13H,4-5,7-8,12H2,1-3H3. The molecule has 0 aliphatic rings. The van der Waals surface area contributed by atoms with Crippen molar-refractivity contribution in [1.82, 2.24) is 10.3 Å². The molecule has 1 aromatic heterocycles. The van der Waals surface area contributed by atoms with E-state index >= 15 is 0 Å². The van der Waals surface area contributed by atoms with Gasteiger partial charge >= 0.3 is 0 Å². The highest BCUT2D eigenvalue weighted by Crippen LogP contribution is 2.13. The van der Waals surface area contributed by atoms with E-state index in [9.17, 15) is 0 Å². The lowest BCUT2D eigenvalue weighted by molar-refractivity contribution is 0.416. The Balaban J connectivity index is 2.31. The molecule has 3 nitrogen and oxygen atoms in total. The van der Waals surface area contributed by atoms with E-state index in [-0.39, 0.29) is 5.54 Å². The molecule has 1 heterocycles. The van der Waals surface area contributed by atoms with Gasteiger partial charge in [0.25, 0.3) is 0 Å². The molecular weight excluding hydrogens is 206 g/mol. The number of nitrogens with two attached hydrogens (primary N) is 1. The molecule has 0 aromatic carbocycles. The average Bonchev–Trinajstić information content (AvgIpc) is 2.66. The predicted molar refractivity (Wildman–Crippen MR) is 66.1 cm³/mol. The number of hydrogen-bond donors (Lipinski definition) is 2. The van der Waals surface area contributed by atoms with Crippen LogP contribution in [0.5, 0.6) is 0 Å². The van der Waals surface area contributed by atoms with Crippen LogP contribution in [0.1, 0.15) is 37.1 Å². The summed E-state index contributed by atoms with van der Waals surface area (Å²) in [6.45, 7) is 8.00. The first-order valence-electron chi connectivity index (χ1n) is 5.50. The van der Waals surface area contributed by atoms with E-state index in [4.69, 9.17) is 5.73 Å². The number of thiazole rings is 1. The third-order valence-electron chi connectivity index (χ3n) is 2.56. The van der Waals surface area contributed by atoms with Gasteiger partial charge in [-0.05, 0) is 19.8 Å². The zero-order valence-electron chi connectivity index (χ0n) is 9.84. The van der Waals surface area contributed by atoms with Gasteiger partial charge in [-0.15, -0.1) is 11.3 Å². The molecule has 86 valence electrons. The van der Waals surface area contributed by atoms with Gasteiger partial charge in [0, 0.05) is 29.7 Å². The number of nitrogens with zero attached hydrogens (tertiary/aromatic N) is 1. The smallest absolute Gasteiger partial charge is 0.107 e. The monoisotopic (exact) mass is 227 g/mol. The molecule has 0 aliphatic carbocycles. The summed E-state index contributed by atoms with van der Waals surface area (Å²) in [5, 5.41) is 4.50. The molecule has 0 fully saturated rings. The highest BCUT2D eigenvalue weighted by atomic mass is 32.1. The maximum absolute atomic E-state index is 6.03. The second-order valence-corrected chi connectivity index (χ2v) is 5.38. The van der Waals surface area contributed by atoms with Gasteiger partial charge in [-0.3, -0.25) is 0 Å². The lowest BCUT2D eigenvalue weighted by Gasteiger charge is -2.22. The minimum atomic E-state index is -0.106. The molecule has 1 rings (SSSR count). The van der Waals surface area contributed by atoms with Crippen LogP contribution in [-0.4, -0.2) is 17.1 Å². The van der Waals surface area contributed by atoms with Crippen LogP contribution < -0.4 is 11.1 Å². The Morgan fingerprint density at radius 2 is 2.27 bits per heavy atom. The summed E-state index contributed by atoms with van der Waals surface area (Å²) in [6, 6.07) is 0. The Morgan fingerprint density at radius 1 is 1.53 bits per heavy atom. The number of aromatic nitrogens is 1. The van der Waals surface area contributed by atoms with Gasteiger partial charge < -0.3 is 11.1 Å². The molecule has 0 saturated carbocycles. The average molecular weight is 227 g/mol. The third-order valence-corrected chi connectivity index (χ3v) is 3.70. The lowest BCUT2D eigenvalue weighted by Crippen LogP contribution is -2.45. The van der Waals surface area contributed by atoms with Crippen molar-refractivity contribution in [2.75, 3.05) is 6.54 Å². The SMILES string of the molecule is CCc1cnc(CNCC(C)(N)CC)s1. The van der Waals surface area contributed by atoms with Crippen LogP contribution in [0.3, 0.4) is 0 Å². The van der Waals surface area contributed by atoms with Crippen LogP contribution in [0, 0.1) is 0 Å². The van der Waals surface area contributed by atoms with E-state index in [0.717, 1.165) is 30.9 Å². The first-order valence-corrected chi connectivity index (χ1v) is 6.32. The van der Waals surface area contributed by atoms with Crippen molar-refractivity contribution in [2.24, 2.45) is 5.73 Å². The summed E-state index contributed by atoms with van der Waals surface area (Å²) in [5.74, 6) is 0. The fraction of sp³-hybridized carbons (Fsp3) is 0.727. The molecular formula is C11H21N3S. The summed E-state index contributed by atoms with van der Waals surface area (Å²) in [4.78, 5) is 5.69. The molecule has 1 atom stereocenters. The van der Waals surface area contributed by atoms with Crippen molar-refractivity contribution in [1.29, 1.82) is 0 Å². The van der Waals surface area contributed by atoms with Crippen LogP contribution >= 0.6 is 11.3 Å². The van der Waals surface area contributed by atoms with Crippen molar-refractivity contribution in [3.8, 4) is 0 Å². The lowest BCUT2D eigenvalue weighted by atomic mass is 10.0. The van der Waals surface area contributed by atoms with E-state index in [1.807, 2.05) is 6.20 Å². The Labute approximate surface area is 96.1 Å². The number of nitrogens with one attached hydrogen (secondary N) is 1. The number of aryl methyl sites for hydroxylation is 1. The second-order valence-electron chi connectivity index (χ2n) is 4.19. The van der Waals surface area contributed by atoms with Crippen molar-refractivity contribution in [3.05, 3.63) is 16.1 Å². The van der Waals surface area contributed by atoms with Crippen LogP contribution in [0.2, 0.25) is 0 Å². The molecule has 3 N–H and O–H groups in total. The zero-order chi connectivity index (χ0) is 11.3. The van der Waals surface area contributed by atoms with Crippen molar-refractivity contribution in [2.45, 2.75) is 45.7 Å². The van der Waals surface area contributed by atoms with E-state index in [0.29, 0.717) is 0 Å². The molecule has 1 aromatic rings. The molecule has 1 unspecified atom stereocenters. The predicted octanol–water partition coefficient (Wildman–Crippen LogP) is 1.92. The molecule has 0 bridgehead atoms. The van der Waals surface area contributed by atoms with Crippen molar-refractivity contribution < 1.29 is 0 Å². The maximum atomic E-state index is 6.03. The second kappa shape index (κ2) is 5.58. The Hall–Kier alpha value is -0.450. The van der Waals surface area contributed by atoms with E-state index < -0.39 is 0 Å². The van der Waals surface area contributed by atoms with Gasteiger partial charge in [0.2, 0.25) is 0 Å². The number of rotatable bonds is 6. The maximum Gasteiger partial charge on any atom is 0.107 e. The van der Waals surface area contributed by atoms with Gasteiger partial charge in [0.15, 0.2) is 0 Å². The Morgan fingerprint density at radius 3 is 2.80 bits per heavy atom. The van der Waals surface area contributed by atoms with Crippen LogP contribution in [0.25, 0.3) is 0 Å². The summed E-state index contributed by atoms with van der Waals surface area (Å²) >= 11 is 1.78. The summed E-state index contributed by atoms with van der Waals surface area (Å²) < 4.78 is 0. The quantitative estimate of drug-likeness (QED) is 0.780. The minimum absolute atomic E-state index is 0.106. The Bertz CT molecular complexity index is 294. The van der Waals surface area contributed by atoms with Crippen molar-refractivity contribution in [3.63, 3.8) is 0 Å². The van der Waals surface area contributed by atoms with E-state index in [1.54, 1.807) is 11.3 Å². The first-order chi connectivity index (χ1) is 7.07. The van der Waals surface area contributed by atoms with Crippen LogP contribution in [0.4, 0.5) is 0 Å². The fourth-order valence-electron chi connectivity index (χ4n) is 1.17. The summed E-state index contributed by atoms with van der Waals surface area (Å²) in [6.07, 6.45) is 4.02. The highest BCUT2D eigenvalue weighted by molar-refractivity contribution is 7.11. The van der Waals surface area contributed by atoms with Crippen molar-refractivity contribution >= 4 is 11.3 Å². The Kier molecular flexibility index (Phi) is 4.70. The normalized spacial score (nSPS) is 15.2. The molecule has 0 spiro atoms. The topological polar surface area (TPSA) is 50.9 Å². The van der Waals surface area contributed by atoms with Crippen LogP contribution in [-0.2, 0) is 13.0 Å². The fourth-order valence-corrected chi connectivity index (χ4v) is 2.01. The van der Waals surface area contributed by atoms with E-state index in [2.05, 4.69) is 31.1 Å². The zero-order valence-corrected chi connectivity index (χ0v) is 10.7. The van der Waals surface area contributed by atoms with Gasteiger partial charge in [0.1, 0.15) is 5.01 Å². The molecule has 15 heavy (non-hydrogen) atoms. The largest absolute Gasteiger partial charge is 0.324 e.